The van der Waals surface area contributed by atoms with Gasteiger partial charge in [0.25, 0.3) is 0 Å². The van der Waals surface area contributed by atoms with Crippen molar-refractivity contribution in [3.8, 4) is 0 Å². The van der Waals surface area contributed by atoms with E-state index in [0.717, 1.165) is 17.1 Å². The standard InChI is InChI=1S/C13H22N2O2S/c1-5-11(13-14-9(3)10(4)18-13)15-12(16)7-8-17-6-2/h11H,5-8H2,1-4H3,(H,15,16)/t11-/m0/s1. The van der Waals surface area contributed by atoms with Crippen molar-refractivity contribution in [1.29, 1.82) is 0 Å². The van der Waals surface area contributed by atoms with Crippen LogP contribution in [-0.2, 0) is 9.53 Å². The van der Waals surface area contributed by atoms with Gasteiger partial charge in [0.1, 0.15) is 5.01 Å². The molecule has 0 unspecified atom stereocenters. The number of nitrogens with zero attached hydrogens (tertiary/aromatic N) is 1. The van der Waals surface area contributed by atoms with Crippen molar-refractivity contribution in [2.24, 2.45) is 0 Å². The number of aryl methyl sites for hydroxylation is 2. The van der Waals surface area contributed by atoms with E-state index in [2.05, 4.69) is 24.1 Å². The van der Waals surface area contributed by atoms with E-state index in [0.29, 0.717) is 19.6 Å². The third kappa shape index (κ3) is 4.38. The predicted molar refractivity (Wildman–Crippen MR) is 73.9 cm³/mol. The van der Waals surface area contributed by atoms with E-state index in [4.69, 9.17) is 4.74 Å². The number of thiazole rings is 1. The van der Waals surface area contributed by atoms with Crippen LogP contribution >= 0.6 is 11.3 Å². The highest BCUT2D eigenvalue weighted by atomic mass is 32.1. The minimum atomic E-state index is 0.0246. The maximum Gasteiger partial charge on any atom is 0.222 e. The Morgan fingerprint density at radius 2 is 2.17 bits per heavy atom. The first-order valence-electron chi connectivity index (χ1n) is 6.39. The number of hydrogen-bond acceptors (Lipinski definition) is 4. The minimum absolute atomic E-state index is 0.0246. The number of rotatable bonds is 7. The van der Waals surface area contributed by atoms with Crippen molar-refractivity contribution in [2.45, 2.75) is 46.6 Å². The van der Waals surface area contributed by atoms with Crippen LogP contribution in [0.5, 0.6) is 0 Å². The second kappa shape index (κ2) is 7.48. The zero-order valence-electron chi connectivity index (χ0n) is 11.6. The van der Waals surface area contributed by atoms with Gasteiger partial charge in [-0.25, -0.2) is 4.98 Å². The summed E-state index contributed by atoms with van der Waals surface area (Å²) in [5, 5.41) is 4.01. The summed E-state index contributed by atoms with van der Waals surface area (Å²) >= 11 is 1.66. The van der Waals surface area contributed by atoms with Gasteiger partial charge < -0.3 is 10.1 Å². The first kappa shape index (κ1) is 15.1. The fraction of sp³-hybridized carbons (Fsp3) is 0.692. The van der Waals surface area contributed by atoms with Crippen molar-refractivity contribution in [1.82, 2.24) is 10.3 Å². The predicted octanol–water partition coefficient (Wildman–Crippen LogP) is 2.75. The van der Waals surface area contributed by atoms with E-state index in [1.165, 1.54) is 4.88 Å². The Balaban J connectivity index is 2.53. The minimum Gasteiger partial charge on any atom is -0.381 e. The SMILES string of the molecule is CCOCCC(=O)N[C@@H](CC)c1nc(C)c(C)s1. The molecule has 0 aromatic carbocycles. The molecule has 1 amide bonds. The van der Waals surface area contributed by atoms with E-state index in [9.17, 15) is 4.79 Å². The van der Waals surface area contributed by atoms with Gasteiger partial charge in [0, 0.05) is 17.9 Å². The van der Waals surface area contributed by atoms with Gasteiger partial charge in [0.2, 0.25) is 5.91 Å². The van der Waals surface area contributed by atoms with Crippen LogP contribution in [0.15, 0.2) is 0 Å². The summed E-state index contributed by atoms with van der Waals surface area (Å²) in [6.07, 6.45) is 1.26. The Kier molecular flexibility index (Phi) is 6.29. The maximum absolute atomic E-state index is 11.7. The summed E-state index contributed by atoms with van der Waals surface area (Å²) in [7, 11) is 0. The van der Waals surface area contributed by atoms with Crippen LogP contribution in [0, 0.1) is 13.8 Å². The van der Waals surface area contributed by atoms with E-state index < -0.39 is 0 Å². The Labute approximate surface area is 113 Å². The second-order valence-electron chi connectivity index (χ2n) is 4.17. The van der Waals surface area contributed by atoms with Crippen LogP contribution in [0.4, 0.5) is 0 Å². The van der Waals surface area contributed by atoms with Crippen molar-refractivity contribution in [3.05, 3.63) is 15.6 Å². The quantitative estimate of drug-likeness (QED) is 0.775. The van der Waals surface area contributed by atoms with Crippen LogP contribution in [0.3, 0.4) is 0 Å². The third-order valence-corrected chi connectivity index (χ3v) is 3.95. The summed E-state index contributed by atoms with van der Waals surface area (Å²) < 4.78 is 5.17. The highest BCUT2D eigenvalue weighted by Crippen LogP contribution is 2.24. The zero-order chi connectivity index (χ0) is 13.5. The van der Waals surface area contributed by atoms with Crippen molar-refractivity contribution in [3.63, 3.8) is 0 Å². The maximum atomic E-state index is 11.7. The Morgan fingerprint density at radius 3 is 2.67 bits per heavy atom. The van der Waals surface area contributed by atoms with Crippen LogP contribution in [0.1, 0.15) is 48.3 Å². The molecule has 0 spiro atoms. The van der Waals surface area contributed by atoms with E-state index in [1.807, 2.05) is 13.8 Å². The highest BCUT2D eigenvalue weighted by Gasteiger charge is 2.16. The molecule has 1 rings (SSSR count). The largest absolute Gasteiger partial charge is 0.381 e. The number of hydrogen-bond donors (Lipinski definition) is 1. The molecule has 0 radical (unpaired) electrons. The molecule has 1 N–H and O–H groups in total. The van der Waals surface area contributed by atoms with Crippen molar-refractivity contribution < 1.29 is 9.53 Å². The second-order valence-corrected chi connectivity index (χ2v) is 5.40. The van der Waals surface area contributed by atoms with Crippen molar-refractivity contribution in [2.75, 3.05) is 13.2 Å². The molecule has 1 aromatic rings. The zero-order valence-corrected chi connectivity index (χ0v) is 12.4. The summed E-state index contributed by atoms with van der Waals surface area (Å²) in [4.78, 5) is 17.5. The molecule has 0 saturated carbocycles. The summed E-state index contributed by atoms with van der Waals surface area (Å²) in [6.45, 7) is 9.16. The average Bonchev–Trinajstić information content (AvgIpc) is 2.67. The average molecular weight is 270 g/mol. The third-order valence-electron chi connectivity index (χ3n) is 2.76. The molecule has 102 valence electrons. The van der Waals surface area contributed by atoms with Gasteiger partial charge in [0.05, 0.1) is 18.3 Å². The molecule has 0 aliphatic rings. The lowest BCUT2D eigenvalue weighted by Crippen LogP contribution is -2.28. The number of ether oxygens (including phenoxy) is 1. The molecule has 5 heteroatoms. The Bertz CT molecular complexity index is 371. The molecule has 0 aliphatic carbocycles. The molecule has 4 nitrogen and oxygen atoms in total. The van der Waals surface area contributed by atoms with E-state index in [1.54, 1.807) is 11.3 Å². The smallest absolute Gasteiger partial charge is 0.222 e. The molecule has 0 bridgehead atoms. The van der Waals surface area contributed by atoms with Gasteiger partial charge in [0.15, 0.2) is 0 Å². The molecule has 0 saturated heterocycles. The molecule has 0 fully saturated rings. The lowest BCUT2D eigenvalue weighted by molar-refractivity contribution is -0.122. The van der Waals surface area contributed by atoms with E-state index in [-0.39, 0.29) is 11.9 Å². The van der Waals surface area contributed by atoms with Gasteiger partial charge in [-0.05, 0) is 27.2 Å². The number of carbonyl (C=O) groups is 1. The normalized spacial score (nSPS) is 12.4. The number of carbonyl (C=O) groups excluding carboxylic acids is 1. The topological polar surface area (TPSA) is 51.2 Å². The van der Waals surface area contributed by atoms with Gasteiger partial charge >= 0.3 is 0 Å². The Hall–Kier alpha value is -0.940. The first-order chi connectivity index (χ1) is 8.58. The van der Waals surface area contributed by atoms with Gasteiger partial charge in [-0.1, -0.05) is 6.92 Å². The monoisotopic (exact) mass is 270 g/mol. The molecule has 1 heterocycles. The summed E-state index contributed by atoms with van der Waals surface area (Å²) in [5.74, 6) is 0.0285. The van der Waals surface area contributed by atoms with Crippen LogP contribution in [0.25, 0.3) is 0 Å². The van der Waals surface area contributed by atoms with Crippen LogP contribution in [-0.4, -0.2) is 24.1 Å². The summed E-state index contributed by atoms with van der Waals surface area (Å²) in [6, 6.07) is 0.0246. The molecule has 1 aromatic heterocycles. The van der Waals surface area contributed by atoms with Gasteiger partial charge in [-0.2, -0.15) is 0 Å². The molecular weight excluding hydrogens is 248 g/mol. The molecule has 1 atom stereocenters. The lowest BCUT2D eigenvalue weighted by atomic mass is 10.2. The molecule has 18 heavy (non-hydrogen) atoms. The number of nitrogens with one attached hydrogen (secondary N) is 1. The van der Waals surface area contributed by atoms with Gasteiger partial charge in [-0.15, -0.1) is 11.3 Å². The number of amides is 1. The number of aromatic nitrogens is 1. The Morgan fingerprint density at radius 1 is 1.44 bits per heavy atom. The first-order valence-corrected chi connectivity index (χ1v) is 7.21. The fourth-order valence-corrected chi connectivity index (χ4v) is 2.62. The van der Waals surface area contributed by atoms with Crippen LogP contribution < -0.4 is 5.32 Å². The lowest BCUT2D eigenvalue weighted by Gasteiger charge is -2.14. The summed E-state index contributed by atoms with van der Waals surface area (Å²) in [5.41, 5.74) is 1.05. The molecular formula is C13H22N2O2S. The fourth-order valence-electron chi connectivity index (χ4n) is 1.56. The van der Waals surface area contributed by atoms with Crippen molar-refractivity contribution >= 4 is 17.2 Å². The van der Waals surface area contributed by atoms with Crippen LogP contribution in [0.2, 0.25) is 0 Å². The van der Waals surface area contributed by atoms with Gasteiger partial charge in [-0.3, -0.25) is 4.79 Å². The highest BCUT2D eigenvalue weighted by molar-refractivity contribution is 7.11. The molecule has 0 aliphatic heterocycles. The van der Waals surface area contributed by atoms with E-state index >= 15 is 0 Å².